The molecule has 0 aliphatic heterocycles. The third kappa shape index (κ3) is 2.42. The average molecular weight is 221 g/mol. The summed E-state index contributed by atoms with van der Waals surface area (Å²) in [5.41, 5.74) is 0.697. The van der Waals surface area contributed by atoms with E-state index in [1.807, 2.05) is 0 Å². The predicted molar refractivity (Wildman–Crippen MR) is 48.2 cm³/mol. The lowest BCUT2D eigenvalue weighted by Gasteiger charge is -2.08. The standard InChI is InChI=1S/C9H7ClF2O2/c1-5-2-6(4-13)8(3-7(5)10)14-9(11)12/h2-4,9H,1H3. The van der Waals surface area contributed by atoms with Crippen LogP contribution in [0.2, 0.25) is 5.02 Å². The Morgan fingerprint density at radius 3 is 2.64 bits per heavy atom. The molecular weight excluding hydrogens is 214 g/mol. The number of aldehydes is 1. The Bertz CT molecular complexity index is 353. The number of aryl methyl sites for hydroxylation is 1. The number of carbonyl (C=O) groups excluding carboxylic acids is 1. The van der Waals surface area contributed by atoms with Crippen LogP contribution in [0.15, 0.2) is 12.1 Å². The molecule has 0 aliphatic rings. The van der Waals surface area contributed by atoms with Crippen molar-refractivity contribution in [2.24, 2.45) is 0 Å². The average Bonchev–Trinajstić information content (AvgIpc) is 2.10. The lowest BCUT2D eigenvalue weighted by atomic mass is 10.1. The number of ether oxygens (including phenoxy) is 1. The van der Waals surface area contributed by atoms with Gasteiger partial charge < -0.3 is 4.74 Å². The highest BCUT2D eigenvalue weighted by Crippen LogP contribution is 2.26. The van der Waals surface area contributed by atoms with Gasteiger partial charge in [-0.25, -0.2) is 0 Å². The number of halogens is 3. The van der Waals surface area contributed by atoms with Gasteiger partial charge in [0.05, 0.1) is 5.56 Å². The molecule has 0 bridgehead atoms. The van der Waals surface area contributed by atoms with Gasteiger partial charge in [0.2, 0.25) is 0 Å². The van der Waals surface area contributed by atoms with E-state index in [0.717, 1.165) is 0 Å². The molecular formula is C9H7ClF2O2. The maximum atomic E-state index is 11.9. The third-order valence-electron chi connectivity index (χ3n) is 1.63. The minimum absolute atomic E-state index is 0.0622. The first-order valence-corrected chi connectivity index (χ1v) is 4.12. The Kier molecular flexibility index (Phi) is 3.41. The topological polar surface area (TPSA) is 26.3 Å². The van der Waals surface area contributed by atoms with Crippen molar-refractivity contribution in [1.82, 2.24) is 0 Å². The molecule has 0 aromatic heterocycles. The fourth-order valence-electron chi connectivity index (χ4n) is 0.976. The van der Waals surface area contributed by atoms with Crippen LogP contribution in [0.1, 0.15) is 15.9 Å². The summed E-state index contributed by atoms with van der Waals surface area (Å²) in [5, 5.41) is 0.284. The molecule has 0 atom stereocenters. The van der Waals surface area contributed by atoms with Gasteiger partial charge >= 0.3 is 6.61 Å². The van der Waals surface area contributed by atoms with Crippen LogP contribution in [-0.2, 0) is 0 Å². The molecule has 0 unspecified atom stereocenters. The summed E-state index contributed by atoms with van der Waals surface area (Å²) in [6.45, 7) is -1.30. The number of carbonyl (C=O) groups is 1. The van der Waals surface area contributed by atoms with Crippen LogP contribution in [0.3, 0.4) is 0 Å². The van der Waals surface area contributed by atoms with Crippen LogP contribution >= 0.6 is 11.6 Å². The Hall–Kier alpha value is -1.16. The van der Waals surface area contributed by atoms with Crippen LogP contribution in [0.25, 0.3) is 0 Å². The van der Waals surface area contributed by atoms with Gasteiger partial charge in [0.1, 0.15) is 5.75 Å². The van der Waals surface area contributed by atoms with Gasteiger partial charge in [-0.2, -0.15) is 8.78 Å². The maximum Gasteiger partial charge on any atom is 0.387 e. The van der Waals surface area contributed by atoms with Gasteiger partial charge in [0.25, 0.3) is 0 Å². The Balaban J connectivity index is 3.13. The van der Waals surface area contributed by atoms with Gasteiger partial charge in [-0.1, -0.05) is 11.6 Å². The largest absolute Gasteiger partial charge is 0.434 e. The SMILES string of the molecule is Cc1cc(C=O)c(OC(F)F)cc1Cl. The molecule has 0 aliphatic carbocycles. The molecule has 0 fully saturated rings. The normalized spacial score (nSPS) is 10.4. The van der Waals surface area contributed by atoms with E-state index in [9.17, 15) is 13.6 Å². The molecule has 1 aromatic rings. The van der Waals surface area contributed by atoms with Gasteiger partial charge in [-0.15, -0.1) is 0 Å². The van der Waals surface area contributed by atoms with Crippen molar-refractivity contribution in [3.63, 3.8) is 0 Å². The molecule has 0 spiro atoms. The lowest BCUT2D eigenvalue weighted by molar-refractivity contribution is -0.0500. The lowest BCUT2D eigenvalue weighted by Crippen LogP contribution is -2.04. The summed E-state index contributed by atoms with van der Waals surface area (Å²) in [4.78, 5) is 10.5. The molecule has 2 nitrogen and oxygen atoms in total. The minimum Gasteiger partial charge on any atom is -0.434 e. The first kappa shape index (κ1) is 10.9. The molecule has 0 saturated heterocycles. The molecule has 14 heavy (non-hydrogen) atoms. The fraction of sp³-hybridized carbons (Fsp3) is 0.222. The smallest absolute Gasteiger partial charge is 0.387 e. The molecule has 5 heteroatoms. The summed E-state index contributed by atoms with van der Waals surface area (Å²) in [5.74, 6) is -0.203. The van der Waals surface area contributed by atoms with E-state index in [0.29, 0.717) is 11.8 Å². The van der Waals surface area contributed by atoms with Gasteiger partial charge in [-0.05, 0) is 18.6 Å². The highest BCUT2D eigenvalue weighted by Gasteiger charge is 2.11. The zero-order valence-corrected chi connectivity index (χ0v) is 8.02. The van der Waals surface area contributed by atoms with Crippen LogP contribution < -0.4 is 4.74 Å². The predicted octanol–water partition coefficient (Wildman–Crippen LogP) is 3.06. The Morgan fingerprint density at radius 2 is 2.14 bits per heavy atom. The second kappa shape index (κ2) is 4.37. The maximum absolute atomic E-state index is 11.9. The fourth-order valence-corrected chi connectivity index (χ4v) is 1.13. The summed E-state index contributed by atoms with van der Waals surface area (Å²) in [6.07, 6.45) is 0.445. The van der Waals surface area contributed by atoms with E-state index in [-0.39, 0.29) is 16.3 Å². The van der Waals surface area contributed by atoms with Crippen LogP contribution in [0, 0.1) is 6.92 Å². The van der Waals surface area contributed by atoms with Gasteiger partial charge in [0, 0.05) is 11.1 Å². The minimum atomic E-state index is -2.97. The molecule has 76 valence electrons. The Morgan fingerprint density at radius 1 is 1.50 bits per heavy atom. The zero-order chi connectivity index (χ0) is 10.7. The molecule has 1 rings (SSSR count). The number of hydrogen-bond acceptors (Lipinski definition) is 2. The van der Waals surface area contributed by atoms with Crippen LogP contribution in [0.4, 0.5) is 8.78 Å². The first-order chi connectivity index (χ1) is 6.54. The third-order valence-corrected chi connectivity index (χ3v) is 2.04. The summed E-state index contributed by atoms with van der Waals surface area (Å²) < 4.78 is 27.9. The van der Waals surface area contributed by atoms with E-state index >= 15 is 0 Å². The number of rotatable bonds is 3. The van der Waals surface area contributed by atoms with Crippen molar-refractivity contribution in [3.8, 4) is 5.75 Å². The van der Waals surface area contributed by atoms with Crippen LogP contribution in [0.5, 0.6) is 5.75 Å². The second-order valence-electron chi connectivity index (χ2n) is 2.64. The van der Waals surface area contributed by atoms with E-state index in [1.54, 1.807) is 6.92 Å². The van der Waals surface area contributed by atoms with Crippen LogP contribution in [-0.4, -0.2) is 12.9 Å². The van der Waals surface area contributed by atoms with Gasteiger partial charge in [0.15, 0.2) is 6.29 Å². The molecule has 0 heterocycles. The summed E-state index contributed by atoms with van der Waals surface area (Å²) >= 11 is 5.69. The molecule has 0 radical (unpaired) electrons. The number of alkyl halides is 2. The highest BCUT2D eigenvalue weighted by molar-refractivity contribution is 6.31. The van der Waals surface area contributed by atoms with Gasteiger partial charge in [-0.3, -0.25) is 4.79 Å². The van der Waals surface area contributed by atoms with Crippen molar-refractivity contribution < 1.29 is 18.3 Å². The van der Waals surface area contributed by atoms with Crippen molar-refractivity contribution >= 4 is 17.9 Å². The molecule has 0 amide bonds. The number of hydrogen-bond donors (Lipinski definition) is 0. The van der Waals surface area contributed by atoms with E-state index in [1.165, 1.54) is 12.1 Å². The molecule has 1 aromatic carbocycles. The van der Waals surface area contributed by atoms with E-state index < -0.39 is 6.61 Å². The van der Waals surface area contributed by atoms with Crippen molar-refractivity contribution in [2.75, 3.05) is 0 Å². The van der Waals surface area contributed by atoms with Crippen molar-refractivity contribution in [3.05, 3.63) is 28.3 Å². The first-order valence-electron chi connectivity index (χ1n) is 3.74. The van der Waals surface area contributed by atoms with E-state index in [4.69, 9.17) is 11.6 Å². The highest BCUT2D eigenvalue weighted by atomic mass is 35.5. The van der Waals surface area contributed by atoms with Crippen molar-refractivity contribution in [1.29, 1.82) is 0 Å². The monoisotopic (exact) mass is 220 g/mol. The molecule has 0 N–H and O–H groups in total. The zero-order valence-electron chi connectivity index (χ0n) is 7.26. The summed E-state index contributed by atoms with van der Waals surface area (Å²) in [7, 11) is 0. The van der Waals surface area contributed by atoms with Crippen molar-refractivity contribution in [2.45, 2.75) is 13.5 Å². The molecule has 0 saturated carbocycles. The quantitative estimate of drug-likeness (QED) is 0.732. The second-order valence-corrected chi connectivity index (χ2v) is 3.04. The summed E-state index contributed by atoms with van der Waals surface area (Å²) in [6, 6.07) is 2.60. The Labute approximate surface area is 84.4 Å². The van der Waals surface area contributed by atoms with E-state index in [2.05, 4.69) is 4.74 Å². The number of benzene rings is 1.